The van der Waals surface area contributed by atoms with Crippen molar-refractivity contribution >= 4 is 5.91 Å². The molecule has 4 heteroatoms. The first-order valence-electron chi connectivity index (χ1n) is 5.17. The van der Waals surface area contributed by atoms with Crippen LogP contribution in [-0.4, -0.2) is 39.3 Å². The van der Waals surface area contributed by atoms with E-state index >= 15 is 0 Å². The highest BCUT2D eigenvalue weighted by Gasteiger charge is 2.06. The molecule has 0 spiro atoms. The maximum absolute atomic E-state index is 10.9. The Morgan fingerprint density at radius 3 is 2.71 bits per heavy atom. The molecule has 0 aromatic carbocycles. The van der Waals surface area contributed by atoms with Gasteiger partial charge in [0.1, 0.15) is 0 Å². The van der Waals surface area contributed by atoms with E-state index in [1.165, 1.54) is 0 Å². The number of methoxy groups -OCH3 is 1. The fourth-order valence-corrected chi connectivity index (χ4v) is 1.31. The van der Waals surface area contributed by atoms with Crippen LogP contribution in [0.5, 0.6) is 0 Å². The number of hydrogen-bond acceptors (Lipinski definition) is 3. The van der Waals surface area contributed by atoms with E-state index < -0.39 is 0 Å². The molecular formula is C10H22N2O2. The van der Waals surface area contributed by atoms with Crippen molar-refractivity contribution in [2.75, 3.05) is 27.3 Å². The van der Waals surface area contributed by atoms with Gasteiger partial charge in [-0.25, -0.2) is 0 Å². The van der Waals surface area contributed by atoms with Crippen molar-refractivity contribution in [2.45, 2.75) is 32.2 Å². The Bertz CT molecular complexity index is 145. The summed E-state index contributed by atoms with van der Waals surface area (Å²) < 4.78 is 5.08. The molecule has 1 atom stereocenters. The molecular weight excluding hydrogens is 180 g/mol. The molecule has 0 aromatic heterocycles. The predicted molar refractivity (Wildman–Crippen MR) is 57.3 cm³/mol. The van der Waals surface area contributed by atoms with E-state index in [2.05, 4.69) is 17.6 Å². The van der Waals surface area contributed by atoms with E-state index in [1.54, 1.807) is 14.2 Å². The molecule has 0 aromatic rings. The lowest BCUT2D eigenvalue weighted by atomic mass is 10.2. The minimum atomic E-state index is 0.0742. The second kappa shape index (κ2) is 8.97. The van der Waals surface area contributed by atoms with Crippen LogP contribution in [0.4, 0.5) is 0 Å². The van der Waals surface area contributed by atoms with Gasteiger partial charge in [-0.05, 0) is 6.42 Å². The summed E-state index contributed by atoms with van der Waals surface area (Å²) in [4.78, 5) is 10.9. The molecule has 2 N–H and O–H groups in total. The third-order valence-corrected chi connectivity index (χ3v) is 2.07. The standard InChI is InChI=1S/C10H22N2O2/c1-4-5-9(8-14-3)12-7-6-10(13)11-2/h9,12H,4-8H2,1-3H3,(H,11,13). The predicted octanol–water partition coefficient (Wildman–Crippen LogP) is 0.527. The van der Waals surface area contributed by atoms with Crippen LogP contribution in [0, 0.1) is 0 Å². The SMILES string of the molecule is CCCC(COC)NCCC(=O)NC. The highest BCUT2D eigenvalue weighted by molar-refractivity contribution is 5.75. The quantitative estimate of drug-likeness (QED) is 0.603. The summed E-state index contributed by atoms with van der Waals surface area (Å²) in [5.74, 6) is 0.0742. The topological polar surface area (TPSA) is 50.4 Å². The molecule has 0 bridgehead atoms. The number of hydrogen-bond donors (Lipinski definition) is 2. The van der Waals surface area contributed by atoms with E-state index in [0.29, 0.717) is 25.6 Å². The fourth-order valence-electron chi connectivity index (χ4n) is 1.31. The molecule has 4 nitrogen and oxygen atoms in total. The Kier molecular flexibility index (Phi) is 8.57. The molecule has 1 amide bonds. The minimum Gasteiger partial charge on any atom is -0.383 e. The molecule has 0 fully saturated rings. The zero-order valence-corrected chi connectivity index (χ0v) is 9.43. The van der Waals surface area contributed by atoms with Crippen molar-refractivity contribution in [2.24, 2.45) is 0 Å². The highest BCUT2D eigenvalue weighted by atomic mass is 16.5. The maximum Gasteiger partial charge on any atom is 0.221 e. The van der Waals surface area contributed by atoms with Gasteiger partial charge in [-0.3, -0.25) is 4.79 Å². The summed E-state index contributed by atoms with van der Waals surface area (Å²) in [5, 5.41) is 5.89. The average Bonchev–Trinajstić information content (AvgIpc) is 2.18. The van der Waals surface area contributed by atoms with Crippen LogP contribution < -0.4 is 10.6 Å². The summed E-state index contributed by atoms with van der Waals surface area (Å²) in [6, 6.07) is 0.370. The first kappa shape index (κ1) is 13.4. The number of amides is 1. The lowest BCUT2D eigenvalue weighted by molar-refractivity contribution is -0.120. The number of rotatable bonds is 8. The van der Waals surface area contributed by atoms with Gasteiger partial charge in [-0.1, -0.05) is 13.3 Å². The van der Waals surface area contributed by atoms with Crippen LogP contribution in [0.1, 0.15) is 26.2 Å². The van der Waals surface area contributed by atoms with Gasteiger partial charge in [0.25, 0.3) is 0 Å². The highest BCUT2D eigenvalue weighted by Crippen LogP contribution is 1.96. The van der Waals surface area contributed by atoms with Crippen molar-refractivity contribution in [1.29, 1.82) is 0 Å². The third kappa shape index (κ3) is 6.86. The first-order chi connectivity index (χ1) is 6.74. The Hall–Kier alpha value is -0.610. The molecule has 84 valence electrons. The van der Waals surface area contributed by atoms with Crippen molar-refractivity contribution in [3.63, 3.8) is 0 Å². The second-order valence-corrected chi connectivity index (χ2v) is 3.32. The second-order valence-electron chi connectivity index (χ2n) is 3.32. The van der Waals surface area contributed by atoms with Crippen molar-refractivity contribution in [1.82, 2.24) is 10.6 Å². The Morgan fingerprint density at radius 2 is 2.21 bits per heavy atom. The first-order valence-corrected chi connectivity index (χ1v) is 5.17. The van der Waals surface area contributed by atoms with Crippen molar-refractivity contribution < 1.29 is 9.53 Å². The maximum atomic E-state index is 10.9. The lowest BCUT2D eigenvalue weighted by Gasteiger charge is -2.16. The molecule has 0 heterocycles. The molecule has 0 aliphatic heterocycles. The van der Waals surface area contributed by atoms with E-state index in [-0.39, 0.29) is 5.91 Å². The minimum absolute atomic E-state index is 0.0742. The van der Waals surface area contributed by atoms with Gasteiger partial charge in [0.05, 0.1) is 6.61 Å². The normalized spacial score (nSPS) is 12.5. The van der Waals surface area contributed by atoms with Gasteiger partial charge in [0, 0.05) is 33.2 Å². The number of ether oxygens (including phenoxy) is 1. The summed E-state index contributed by atoms with van der Waals surface area (Å²) in [6.07, 6.45) is 2.74. The molecule has 1 unspecified atom stereocenters. The number of carbonyl (C=O) groups excluding carboxylic acids is 1. The van der Waals surface area contributed by atoms with E-state index in [0.717, 1.165) is 12.8 Å². The van der Waals surface area contributed by atoms with Crippen LogP contribution in [0.25, 0.3) is 0 Å². The van der Waals surface area contributed by atoms with Crippen LogP contribution in [0.3, 0.4) is 0 Å². The van der Waals surface area contributed by atoms with E-state index in [4.69, 9.17) is 4.74 Å². The monoisotopic (exact) mass is 202 g/mol. The Labute approximate surface area is 86.4 Å². The van der Waals surface area contributed by atoms with Crippen molar-refractivity contribution in [3.05, 3.63) is 0 Å². The van der Waals surface area contributed by atoms with Gasteiger partial charge < -0.3 is 15.4 Å². The summed E-state index contributed by atoms with van der Waals surface area (Å²) in [7, 11) is 3.35. The Balaban J connectivity index is 3.54. The van der Waals surface area contributed by atoms with Crippen LogP contribution in [-0.2, 0) is 9.53 Å². The summed E-state index contributed by atoms with van der Waals surface area (Å²) in [6.45, 7) is 3.57. The van der Waals surface area contributed by atoms with Gasteiger partial charge in [0.2, 0.25) is 5.91 Å². The van der Waals surface area contributed by atoms with Crippen LogP contribution >= 0.6 is 0 Å². The van der Waals surface area contributed by atoms with Crippen LogP contribution in [0.2, 0.25) is 0 Å². The largest absolute Gasteiger partial charge is 0.383 e. The molecule has 0 rings (SSSR count). The molecule has 0 saturated heterocycles. The van der Waals surface area contributed by atoms with Gasteiger partial charge in [-0.15, -0.1) is 0 Å². The lowest BCUT2D eigenvalue weighted by Crippen LogP contribution is -2.35. The van der Waals surface area contributed by atoms with Gasteiger partial charge >= 0.3 is 0 Å². The molecule has 14 heavy (non-hydrogen) atoms. The van der Waals surface area contributed by atoms with E-state index in [9.17, 15) is 4.79 Å². The fraction of sp³-hybridized carbons (Fsp3) is 0.900. The molecule has 0 aliphatic carbocycles. The third-order valence-electron chi connectivity index (χ3n) is 2.07. The Morgan fingerprint density at radius 1 is 1.50 bits per heavy atom. The zero-order valence-electron chi connectivity index (χ0n) is 9.43. The van der Waals surface area contributed by atoms with Gasteiger partial charge in [-0.2, -0.15) is 0 Å². The number of carbonyl (C=O) groups is 1. The van der Waals surface area contributed by atoms with Gasteiger partial charge in [0.15, 0.2) is 0 Å². The molecule has 0 saturated carbocycles. The summed E-state index contributed by atoms with van der Waals surface area (Å²) in [5.41, 5.74) is 0. The van der Waals surface area contributed by atoms with Crippen LogP contribution in [0.15, 0.2) is 0 Å². The van der Waals surface area contributed by atoms with Crippen molar-refractivity contribution in [3.8, 4) is 0 Å². The zero-order chi connectivity index (χ0) is 10.8. The summed E-state index contributed by atoms with van der Waals surface area (Å²) >= 11 is 0. The average molecular weight is 202 g/mol. The molecule has 0 aliphatic rings. The van der Waals surface area contributed by atoms with E-state index in [1.807, 2.05) is 0 Å². The molecule has 0 radical (unpaired) electrons. The number of nitrogens with one attached hydrogen (secondary N) is 2. The smallest absolute Gasteiger partial charge is 0.221 e.